The van der Waals surface area contributed by atoms with E-state index in [0.717, 1.165) is 56.7 Å². The van der Waals surface area contributed by atoms with E-state index in [0.29, 0.717) is 0 Å². The Bertz CT molecular complexity index is 903. The maximum absolute atomic E-state index is 12.6. The summed E-state index contributed by atoms with van der Waals surface area (Å²) in [6.45, 7) is 14.6. The van der Waals surface area contributed by atoms with E-state index in [4.69, 9.17) is 0 Å². The van der Waals surface area contributed by atoms with Crippen molar-refractivity contribution in [1.29, 1.82) is 0 Å². The van der Waals surface area contributed by atoms with Crippen LogP contribution < -0.4 is 15.1 Å². The normalized spacial score (nSPS) is 15.1. The lowest BCUT2D eigenvalue weighted by atomic mass is 9.79. The molecule has 1 aliphatic rings. The highest BCUT2D eigenvalue weighted by Crippen LogP contribution is 2.38. The molecule has 254 valence electrons. The van der Waals surface area contributed by atoms with Crippen LogP contribution in [0.5, 0.6) is 0 Å². The van der Waals surface area contributed by atoms with Crippen molar-refractivity contribution in [3.05, 3.63) is 59.7 Å². The highest BCUT2D eigenvalue weighted by molar-refractivity contribution is 5.53. The molecule has 1 heterocycles. The van der Waals surface area contributed by atoms with Crippen LogP contribution in [0.1, 0.15) is 154 Å². The summed E-state index contributed by atoms with van der Waals surface area (Å²) in [6, 6.07) is 18.0. The average molecular weight is 620 g/mol. The predicted octanol–water partition coefficient (Wildman–Crippen LogP) is 10.6. The minimum Gasteiger partial charge on any atom is -0.379 e. The van der Waals surface area contributed by atoms with Crippen molar-refractivity contribution in [3.8, 4) is 0 Å². The zero-order valence-electron chi connectivity index (χ0n) is 29.8. The first-order valence-corrected chi connectivity index (χ1v) is 19.2. The number of nitrogens with one attached hydrogen (secondary N) is 1. The van der Waals surface area contributed by atoms with Gasteiger partial charge in [-0.15, -0.1) is 0 Å². The largest absolute Gasteiger partial charge is 0.379 e. The van der Waals surface area contributed by atoms with Crippen molar-refractivity contribution in [2.45, 2.75) is 155 Å². The average Bonchev–Trinajstić information content (AvgIpc) is 3.63. The van der Waals surface area contributed by atoms with Gasteiger partial charge in [-0.05, 0) is 80.5 Å². The topological polar surface area (TPSA) is 38.7 Å². The van der Waals surface area contributed by atoms with Gasteiger partial charge in [-0.3, -0.25) is 0 Å². The predicted molar refractivity (Wildman–Crippen MR) is 198 cm³/mol. The van der Waals surface area contributed by atoms with Crippen molar-refractivity contribution in [3.63, 3.8) is 0 Å². The molecule has 4 heteroatoms. The Kier molecular flexibility index (Phi) is 18.0. The summed E-state index contributed by atoms with van der Waals surface area (Å²) < 4.78 is 0. The summed E-state index contributed by atoms with van der Waals surface area (Å²) in [5.41, 5.74) is 3.56. The number of unbranched alkanes of at least 4 members (excludes halogenated alkanes) is 12. The van der Waals surface area contributed by atoms with Gasteiger partial charge in [0.05, 0.1) is 0 Å². The van der Waals surface area contributed by atoms with Gasteiger partial charge in [-0.25, -0.2) is 0 Å². The second-order valence-corrected chi connectivity index (χ2v) is 13.7. The number of nitrogens with zero attached hydrogens (tertiary/aromatic N) is 2. The molecule has 1 aliphatic heterocycles. The van der Waals surface area contributed by atoms with Crippen LogP contribution in [0.3, 0.4) is 0 Å². The monoisotopic (exact) mass is 620 g/mol. The Balaban J connectivity index is 1.82. The minimum absolute atomic E-state index is 0.0209. The molecule has 0 spiro atoms. The molecule has 4 nitrogen and oxygen atoms in total. The fraction of sp³-hybridized carbons (Fsp3) is 0.707. The molecule has 0 bridgehead atoms. The van der Waals surface area contributed by atoms with Crippen LogP contribution >= 0.6 is 0 Å². The van der Waals surface area contributed by atoms with E-state index < -0.39 is 5.60 Å². The lowest BCUT2D eigenvalue weighted by Crippen LogP contribution is -2.46. The fourth-order valence-electron chi connectivity index (χ4n) is 7.12. The van der Waals surface area contributed by atoms with E-state index >= 15 is 0 Å². The smallest absolute Gasteiger partial charge is 0.130 e. The van der Waals surface area contributed by atoms with Crippen molar-refractivity contribution < 1.29 is 5.11 Å². The molecular formula is C41H69N3O. The Labute approximate surface area is 278 Å². The number of hydrogen-bond donors (Lipinski definition) is 2. The van der Waals surface area contributed by atoms with Gasteiger partial charge >= 0.3 is 0 Å². The summed E-state index contributed by atoms with van der Waals surface area (Å²) in [5, 5.41) is 16.3. The quantitative estimate of drug-likeness (QED) is 0.108. The van der Waals surface area contributed by atoms with Gasteiger partial charge < -0.3 is 20.2 Å². The standard InChI is InChI=1S/C41H69N3O/c1-5-9-13-17-32-43(33-18-14-10-6-2)38-27-23-36(24-28-38)41(45,40-22-21-31-42-40)37-25-29-39(30-26-37)44(34-19-15-11-7-3)35-20-16-12-8-4/h23-30,40,42,45H,5-22,31-35H2,1-4H3. The number of rotatable bonds is 25. The summed E-state index contributed by atoms with van der Waals surface area (Å²) in [7, 11) is 0. The van der Waals surface area contributed by atoms with Crippen LogP contribution in [-0.2, 0) is 5.60 Å². The van der Waals surface area contributed by atoms with Gasteiger partial charge in [-0.2, -0.15) is 0 Å². The molecule has 3 rings (SSSR count). The molecule has 2 aromatic rings. The summed E-state index contributed by atoms with van der Waals surface area (Å²) in [5.74, 6) is 0. The van der Waals surface area contributed by atoms with E-state index in [9.17, 15) is 5.11 Å². The molecule has 0 saturated carbocycles. The minimum atomic E-state index is -1.05. The highest BCUT2D eigenvalue weighted by Gasteiger charge is 2.41. The van der Waals surface area contributed by atoms with Crippen molar-refractivity contribution in [1.82, 2.24) is 5.32 Å². The maximum Gasteiger partial charge on any atom is 0.130 e. The third-order valence-corrected chi connectivity index (χ3v) is 10.0. The van der Waals surface area contributed by atoms with Crippen molar-refractivity contribution in [2.24, 2.45) is 0 Å². The molecule has 1 unspecified atom stereocenters. The lowest BCUT2D eigenvalue weighted by Gasteiger charge is -2.36. The van der Waals surface area contributed by atoms with Gasteiger partial charge in [0.15, 0.2) is 0 Å². The van der Waals surface area contributed by atoms with Crippen molar-refractivity contribution >= 4 is 11.4 Å². The summed E-state index contributed by atoms with van der Waals surface area (Å²) in [6.07, 6.45) is 22.7. The van der Waals surface area contributed by atoms with Crippen molar-refractivity contribution in [2.75, 3.05) is 42.5 Å². The SMILES string of the molecule is CCCCCCN(CCCCCC)c1ccc(C(O)(c2ccc(N(CCCCCC)CCCCCC)cc2)C2CCCN2)cc1. The van der Waals surface area contributed by atoms with E-state index in [2.05, 4.69) is 91.3 Å². The first-order chi connectivity index (χ1) is 22.1. The Morgan fingerprint density at radius 1 is 0.556 bits per heavy atom. The first-order valence-electron chi connectivity index (χ1n) is 19.2. The first kappa shape index (κ1) is 37.4. The van der Waals surface area contributed by atoms with Crippen LogP contribution in [0.2, 0.25) is 0 Å². The molecular weight excluding hydrogens is 550 g/mol. The maximum atomic E-state index is 12.6. The van der Waals surface area contributed by atoms with Crippen LogP contribution in [0.25, 0.3) is 0 Å². The van der Waals surface area contributed by atoms with Gasteiger partial charge in [0.1, 0.15) is 5.60 Å². The molecule has 1 saturated heterocycles. The molecule has 2 N–H and O–H groups in total. The molecule has 45 heavy (non-hydrogen) atoms. The van der Waals surface area contributed by atoms with Gasteiger partial charge in [0.2, 0.25) is 0 Å². The molecule has 0 aliphatic carbocycles. The zero-order chi connectivity index (χ0) is 32.2. The summed E-state index contributed by atoms with van der Waals surface area (Å²) >= 11 is 0. The molecule has 0 radical (unpaired) electrons. The number of hydrogen-bond acceptors (Lipinski definition) is 4. The lowest BCUT2D eigenvalue weighted by molar-refractivity contribution is 0.0443. The zero-order valence-corrected chi connectivity index (χ0v) is 29.8. The van der Waals surface area contributed by atoms with Crippen LogP contribution in [0.15, 0.2) is 48.5 Å². The molecule has 0 amide bonds. The number of benzene rings is 2. The van der Waals surface area contributed by atoms with E-state index in [-0.39, 0.29) is 6.04 Å². The second kappa shape index (κ2) is 21.7. The van der Waals surface area contributed by atoms with Crippen LogP contribution in [0, 0.1) is 0 Å². The highest BCUT2D eigenvalue weighted by atomic mass is 16.3. The molecule has 1 atom stereocenters. The third kappa shape index (κ3) is 11.9. The summed E-state index contributed by atoms with van der Waals surface area (Å²) in [4.78, 5) is 5.18. The van der Waals surface area contributed by atoms with Crippen LogP contribution in [0.4, 0.5) is 11.4 Å². The Morgan fingerprint density at radius 2 is 0.911 bits per heavy atom. The van der Waals surface area contributed by atoms with Gasteiger partial charge in [-0.1, -0.05) is 129 Å². The Morgan fingerprint density at radius 3 is 1.20 bits per heavy atom. The number of aliphatic hydroxyl groups is 1. The van der Waals surface area contributed by atoms with E-state index in [1.807, 2.05) is 0 Å². The Hall–Kier alpha value is -2.04. The third-order valence-electron chi connectivity index (χ3n) is 10.0. The van der Waals surface area contributed by atoms with E-state index in [1.165, 1.54) is 114 Å². The second-order valence-electron chi connectivity index (χ2n) is 13.7. The number of anilines is 2. The van der Waals surface area contributed by atoms with E-state index in [1.54, 1.807) is 0 Å². The molecule has 0 aromatic heterocycles. The van der Waals surface area contributed by atoms with Gasteiger partial charge in [0, 0.05) is 43.6 Å². The van der Waals surface area contributed by atoms with Gasteiger partial charge in [0.25, 0.3) is 0 Å². The fourth-order valence-corrected chi connectivity index (χ4v) is 7.12. The molecule has 1 fully saturated rings. The van der Waals surface area contributed by atoms with Crippen LogP contribution in [-0.4, -0.2) is 43.9 Å². The molecule has 2 aromatic carbocycles.